The minimum atomic E-state index is -0.436. The third kappa shape index (κ3) is 5.60. The van der Waals surface area contributed by atoms with Crippen molar-refractivity contribution in [3.05, 3.63) is 107 Å². The van der Waals surface area contributed by atoms with Crippen LogP contribution in [0.5, 0.6) is 0 Å². The lowest BCUT2D eigenvalue weighted by Crippen LogP contribution is -2.59. The number of aryl methyl sites for hydroxylation is 1. The van der Waals surface area contributed by atoms with Gasteiger partial charge in [-0.1, -0.05) is 0 Å². The van der Waals surface area contributed by atoms with Crippen molar-refractivity contribution in [2.45, 2.75) is 26.2 Å². The average Bonchev–Trinajstić information content (AvgIpc) is 3.66. The number of fused-ring (bicyclic) bond motifs is 4. The van der Waals surface area contributed by atoms with E-state index in [1.807, 2.05) is 19.1 Å². The van der Waals surface area contributed by atoms with Crippen molar-refractivity contribution in [2.75, 3.05) is 48.0 Å². The second kappa shape index (κ2) is 12.6. The minimum Gasteiger partial charge on any atom is -0.381 e. The number of carbonyl (C=O) groups excluding carboxylic acids is 2. The van der Waals surface area contributed by atoms with Crippen LogP contribution in [-0.2, 0) is 11.2 Å². The molecule has 0 atom stereocenters. The number of hydrogen-bond acceptors (Lipinski definition) is 8. The lowest BCUT2D eigenvalue weighted by atomic mass is 9.73. The Hall–Kier alpha value is -5.53. The Balaban J connectivity index is 0.938. The number of ether oxygens (including phenoxy) is 1. The van der Waals surface area contributed by atoms with E-state index in [1.54, 1.807) is 53.6 Å². The summed E-state index contributed by atoms with van der Waals surface area (Å²) in [4.78, 5) is 49.2. The molecule has 9 rings (SSSR count). The summed E-state index contributed by atoms with van der Waals surface area (Å²) in [5.41, 5.74) is 5.05. The molecule has 52 heavy (non-hydrogen) atoms. The van der Waals surface area contributed by atoms with E-state index in [0.717, 1.165) is 44.8 Å². The zero-order chi connectivity index (χ0) is 35.6. The van der Waals surface area contributed by atoms with Gasteiger partial charge in [0, 0.05) is 67.0 Å². The molecule has 2 aromatic carbocycles. The molecule has 7 heterocycles. The number of rotatable bonds is 5. The molecule has 3 aliphatic rings. The van der Waals surface area contributed by atoms with E-state index < -0.39 is 11.6 Å². The van der Waals surface area contributed by atoms with Gasteiger partial charge in [0.05, 0.1) is 27.2 Å². The molecule has 10 nitrogen and oxygen atoms in total. The van der Waals surface area contributed by atoms with E-state index in [9.17, 15) is 14.0 Å². The fourth-order valence-corrected chi connectivity index (χ4v) is 8.67. The van der Waals surface area contributed by atoms with Crippen molar-refractivity contribution in [1.29, 1.82) is 0 Å². The first kappa shape index (κ1) is 32.4. The molecule has 0 saturated carbocycles. The molecule has 0 aliphatic carbocycles. The SMILES string of the molecule is Cc1ccc(C(=O)Nc2ccc(C(=O)N3CCc4c(sc(-c5nc6ccc(F)cc6[nH]5)c4F)-c4ncccc43)cc2)c(N2CC3(CCOCC3)C2)n1. The van der Waals surface area contributed by atoms with E-state index >= 15 is 4.39 Å². The molecule has 262 valence electrons. The normalized spacial score (nSPS) is 16.3. The van der Waals surface area contributed by atoms with Crippen molar-refractivity contribution < 1.29 is 23.1 Å². The fourth-order valence-electron chi connectivity index (χ4n) is 7.49. The van der Waals surface area contributed by atoms with Crippen molar-refractivity contribution >= 4 is 51.4 Å². The highest BCUT2D eigenvalue weighted by Crippen LogP contribution is 2.46. The zero-order valence-corrected chi connectivity index (χ0v) is 29.0. The van der Waals surface area contributed by atoms with Gasteiger partial charge in [0.25, 0.3) is 11.8 Å². The van der Waals surface area contributed by atoms with Crippen LogP contribution in [0.4, 0.5) is 26.0 Å². The van der Waals surface area contributed by atoms with Crippen LogP contribution in [0.15, 0.2) is 72.9 Å². The Bertz CT molecular complexity index is 2380. The van der Waals surface area contributed by atoms with Crippen LogP contribution in [0.1, 0.15) is 44.8 Å². The molecule has 0 bridgehead atoms. The molecule has 2 N–H and O–H groups in total. The summed E-state index contributed by atoms with van der Waals surface area (Å²) >= 11 is 1.20. The number of aromatic amines is 1. The summed E-state index contributed by atoms with van der Waals surface area (Å²) in [6, 6.07) is 18.2. The number of imidazole rings is 1. The second-order valence-corrected chi connectivity index (χ2v) is 14.7. The van der Waals surface area contributed by atoms with E-state index in [2.05, 4.69) is 25.2 Å². The van der Waals surface area contributed by atoms with Crippen LogP contribution in [0.3, 0.4) is 0 Å². The summed E-state index contributed by atoms with van der Waals surface area (Å²) < 4.78 is 35.5. The first-order chi connectivity index (χ1) is 25.2. The number of thiophene rings is 1. The number of halogens is 2. The van der Waals surface area contributed by atoms with Crippen LogP contribution in [-0.4, -0.2) is 64.6 Å². The van der Waals surface area contributed by atoms with Crippen molar-refractivity contribution in [1.82, 2.24) is 19.9 Å². The fraction of sp³-hybridized carbons (Fsp3) is 0.256. The Morgan fingerprint density at radius 3 is 2.60 bits per heavy atom. The molecule has 2 fully saturated rings. The Morgan fingerprint density at radius 2 is 1.79 bits per heavy atom. The Morgan fingerprint density at radius 1 is 0.981 bits per heavy atom. The molecule has 3 aliphatic heterocycles. The summed E-state index contributed by atoms with van der Waals surface area (Å²) in [6.07, 6.45) is 3.90. The second-order valence-electron chi connectivity index (χ2n) is 13.7. The number of aromatic nitrogens is 4. The monoisotopic (exact) mass is 717 g/mol. The third-order valence-electron chi connectivity index (χ3n) is 10.3. The molecule has 6 aromatic rings. The van der Waals surface area contributed by atoms with Crippen LogP contribution < -0.4 is 15.1 Å². The minimum absolute atomic E-state index is 0.218. The van der Waals surface area contributed by atoms with Gasteiger partial charge in [-0.2, -0.15) is 0 Å². The van der Waals surface area contributed by atoms with Gasteiger partial charge in [0.2, 0.25) is 0 Å². The number of H-pyrrole nitrogens is 1. The maximum Gasteiger partial charge on any atom is 0.259 e. The smallest absolute Gasteiger partial charge is 0.259 e. The van der Waals surface area contributed by atoms with E-state index in [0.29, 0.717) is 66.2 Å². The zero-order valence-electron chi connectivity index (χ0n) is 28.2. The number of nitrogens with one attached hydrogen (secondary N) is 2. The quantitative estimate of drug-likeness (QED) is 0.191. The molecule has 2 amide bonds. The van der Waals surface area contributed by atoms with Gasteiger partial charge in [-0.15, -0.1) is 11.3 Å². The van der Waals surface area contributed by atoms with Crippen LogP contribution >= 0.6 is 11.3 Å². The lowest BCUT2D eigenvalue weighted by Gasteiger charge is -2.53. The predicted octanol–water partition coefficient (Wildman–Crippen LogP) is 7.41. The molecule has 2 saturated heterocycles. The molecule has 0 radical (unpaired) electrons. The number of benzene rings is 2. The maximum atomic E-state index is 16.1. The van der Waals surface area contributed by atoms with Gasteiger partial charge in [0.15, 0.2) is 5.82 Å². The van der Waals surface area contributed by atoms with E-state index in [4.69, 9.17) is 9.72 Å². The third-order valence-corrected chi connectivity index (χ3v) is 11.5. The number of amides is 2. The highest BCUT2D eigenvalue weighted by Gasteiger charge is 2.45. The highest BCUT2D eigenvalue weighted by atomic mass is 32.1. The molecular weight excluding hydrogens is 685 g/mol. The summed E-state index contributed by atoms with van der Waals surface area (Å²) in [7, 11) is 0. The standard InChI is InChI=1S/C39H33F2N7O3S/c1-22-4-10-27(36(43-22)47-20-39(21-47)13-17-51-18-14-39)37(49)44-25-8-5-23(6-9-25)38(50)48-16-12-26-31(41)34(52-33(26)32-30(48)3-2-15-42-32)35-45-28-11-7-24(40)19-29(28)46-35/h2-11,15,19H,12-14,16-18,20-21H2,1H3,(H,44,49)(H,45,46). The maximum absolute atomic E-state index is 16.1. The van der Waals surface area contributed by atoms with Crippen LogP contribution in [0, 0.1) is 24.0 Å². The van der Waals surface area contributed by atoms with Gasteiger partial charge >= 0.3 is 0 Å². The van der Waals surface area contributed by atoms with Gasteiger partial charge < -0.3 is 24.8 Å². The molecule has 13 heteroatoms. The van der Waals surface area contributed by atoms with E-state index in [1.165, 1.54) is 23.5 Å². The van der Waals surface area contributed by atoms with Crippen molar-refractivity contribution in [3.8, 4) is 21.3 Å². The number of anilines is 3. The predicted molar refractivity (Wildman–Crippen MR) is 196 cm³/mol. The summed E-state index contributed by atoms with van der Waals surface area (Å²) in [5, 5.41) is 2.98. The van der Waals surface area contributed by atoms with Gasteiger partial charge in [-0.3, -0.25) is 14.6 Å². The van der Waals surface area contributed by atoms with E-state index in [-0.39, 0.29) is 30.2 Å². The number of nitrogens with zero attached hydrogens (tertiary/aromatic N) is 5. The highest BCUT2D eigenvalue weighted by molar-refractivity contribution is 7.19. The molecule has 0 unspecified atom stereocenters. The number of carbonyl (C=O) groups is 2. The summed E-state index contributed by atoms with van der Waals surface area (Å²) in [5.74, 6) is -0.397. The molecular formula is C39H33F2N7O3S. The van der Waals surface area contributed by atoms with Crippen LogP contribution in [0.2, 0.25) is 0 Å². The number of pyridine rings is 2. The lowest BCUT2D eigenvalue weighted by molar-refractivity contribution is -0.000518. The van der Waals surface area contributed by atoms with Crippen molar-refractivity contribution in [3.63, 3.8) is 0 Å². The average molecular weight is 718 g/mol. The van der Waals surface area contributed by atoms with Gasteiger partial charge in [0.1, 0.15) is 28.0 Å². The van der Waals surface area contributed by atoms with Gasteiger partial charge in [-0.25, -0.2) is 18.7 Å². The van der Waals surface area contributed by atoms with Crippen molar-refractivity contribution in [2.24, 2.45) is 5.41 Å². The molecule has 4 aromatic heterocycles. The summed E-state index contributed by atoms with van der Waals surface area (Å²) in [6.45, 7) is 5.38. The largest absolute Gasteiger partial charge is 0.381 e. The first-order valence-corrected chi connectivity index (χ1v) is 18.0. The molecule has 1 spiro atoms. The number of hydrogen-bond donors (Lipinski definition) is 2. The topological polar surface area (TPSA) is 116 Å². The Kier molecular flexibility index (Phi) is 7.85. The Labute approximate surface area is 301 Å². The van der Waals surface area contributed by atoms with Gasteiger partial charge in [-0.05, 0) is 92.9 Å². The van der Waals surface area contributed by atoms with Crippen LogP contribution in [0.25, 0.3) is 32.3 Å². The first-order valence-electron chi connectivity index (χ1n) is 17.2.